The summed E-state index contributed by atoms with van der Waals surface area (Å²) in [4.78, 5) is 20.9. The number of ketones is 1. The van der Waals surface area contributed by atoms with E-state index in [4.69, 9.17) is 0 Å². The Labute approximate surface area is 116 Å². The third kappa shape index (κ3) is 1.32. The maximum Gasteiger partial charge on any atom is 0.204 e. The molecule has 20 heavy (non-hydrogen) atoms. The van der Waals surface area contributed by atoms with Gasteiger partial charge in [0.2, 0.25) is 5.78 Å². The molecule has 2 aromatic rings. The molecule has 2 heterocycles. The van der Waals surface area contributed by atoms with Gasteiger partial charge in [-0.2, -0.15) is 0 Å². The molecule has 1 aliphatic heterocycles. The molecule has 0 amide bonds. The second-order valence-corrected chi connectivity index (χ2v) is 5.15. The van der Waals surface area contributed by atoms with Crippen molar-refractivity contribution >= 4 is 33.5 Å². The molecule has 1 aromatic heterocycles. The van der Waals surface area contributed by atoms with Gasteiger partial charge in [-0.05, 0) is 43.0 Å². The Morgan fingerprint density at radius 3 is 2.85 bits per heavy atom. The number of nitrogens with zero attached hydrogens (tertiary/aromatic N) is 2. The SMILES string of the molecule is Cc1nccc2c(C)c3c(cc12)C1=CC=CC(=O)C1=N3. The number of carbonyl (C=O) groups is 1. The van der Waals surface area contributed by atoms with Gasteiger partial charge >= 0.3 is 0 Å². The molecule has 2 aliphatic rings. The summed E-state index contributed by atoms with van der Waals surface area (Å²) < 4.78 is 0. The number of pyridine rings is 1. The molecular weight excluding hydrogens is 248 g/mol. The Bertz CT molecular complexity index is 885. The molecule has 3 nitrogen and oxygen atoms in total. The van der Waals surface area contributed by atoms with Crippen LogP contribution in [0.3, 0.4) is 0 Å². The van der Waals surface area contributed by atoms with Crippen molar-refractivity contribution in [1.29, 1.82) is 0 Å². The van der Waals surface area contributed by atoms with Gasteiger partial charge in [-0.3, -0.25) is 9.78 Å². The summed E-state index contributed by atoms with van der Waals surface area (Å²) in [5.41, 5.74) is 5.56. The summed E-state index contributed by atoms with van der Waals surface area (Å²) in [5, 5.41) is 2.28. The molecule has 0 N–H and O–H groups in total. The van der Waals surface area contributed by atoms with Gasteiger partial charge in [-0.1, -0.05) is 12.2 Å². The van der Waals surface area contributed by atoms with Crippen LogP contribution >= 0.6 is 0 Å². The van der Waals surface area contributed by atoms with Crippen LogP contribution in [0, 0.1) is 13.8 Å². The van der Waals surface area contributed by atoms with Crippen LogP contribution in [0.4, 0.5) is 5.69 Å². The van der Waals surface area contributed by atoms with Crippen LogP contribution in [0.1, 0.15) is 16.8 Å². The molecule has 3 heteroatoms. The van der Waals surface area contributed by atoms with Crippen LogP contribution in [0.2, 0.25) is 0 Å². The van der Waals surface area contributed by atoms with Crippen LogP contribution in [-0.2, 0) is 4.79 Å². The van der Waals surface area contributed by atoms with Crippen molar-refractivity contribution in [3.63, 3.8) is 0 Å². The molecule has 0 spiro atoms. The number of allylic oxidation sites excluding steroid dienone is 4. The first kappa shape index (κ1) is 11.3. The van der Waals surface area contributed by atoms with Gasteiger partial charge in [0.25, 0.3) is 0 Å². The number of aliphatic imine (C=N–C) groups is 1. The number of hydrogen-bond acceptors (Lipinski definition) is 3. The average molecular weight is 260 g/mol. The minimum Gasteiger partial charge on any atom is -0.288 e. The van der Waals surface area contributed by atoms with E-state index in [0.717, 1.165) is 38.9 Å². The van der Waals surface area contributed by atoms with Crippen molar-refractivity contribution in [3.8, 4) is 0 Å². The fourth-order valence-corrected chi connectivity index (χ4v) is 2.95. The van der Waals surface area contributed by atoms with Gasteiger partial charge in [0.05, 0.1) is 5.69 Å². The third-order valence-electron chi connectivity index (χ3n) is 4.01. The zero-order chi connectivity index (χ0) is 13.9. The fourth-order valence-electron chi connectivity index (χ4n) is 2.95. The number of benzene rings is 1. The highest BCUT2D eigenvalue weighted by molar-refractivity contribution is 6.62. The predicted octanol–water partition coefficient (Wildman–Crippen LogP) is 3.46. The predicted molar refractivity (Wildman–Crippen MR) is 80.4 cm³/mol. The van der Waals surface area contributed by atoms with Crippen LogP contribution in [0.15, 0.2) is 41.6 Å². The van der Waals surface area contributed by atoms with Gasteiger partial charge in [-0.15, -0.1) is 0 Å². The van der Waals surface area contributed by atoms with E-state index in [2.05, 4.69) is 23.0 Å². The standard InChI is InChI=1S/C17H12N2O/c1-9-11-6-7-18-10(2)13(11)8-14-12-4-3-5-15(20)17(12)19-16(9)14/h3-8H,1-2H3. The Kier molecular flexibility index (Phi) is 2.11. The number of rotatable bonds is 0. The molecule has 0 atom stereocenters. The second-order valence-electron chi connectivity index (χ2n) is 5.15. The summed E-state index contributed by atoms with van der Waals surface area (Å²) in [6.45, 7) is 4.06. The molecular formula is C17H12N2O. The fraction of sp³-hybridized carbons (Fsp3) is 0.118. The molecule has 0 saturated carbocycles. The quantitative estimate of drug-likeness (QED) is 0.681. The highest BCUT2D eigenvalue weighted by Gasteiger charge is 2.28. The summed E-state index contributed by atoms with van der Waals surface area (Å²) in [5.74, 6) is -0.0167. The molecule has 1 aliphatic carbocycles. The summed E-state index contributed by atoms with van der Waals surface area (Å²) in [6.07, 6.45) is 7.14. The Morgan fingerprint density at radius 2 is 2.00 bits per heavy atom. The van der Waals surface area contributed by atoms with Crippen LogP contribution in [0.25, 0.3) is 16.3 Å². The molecule has 0 bridgehead atoms. The van der Waals surface area contributed by atoms with Crippen LogP contribution in [0.5, 0.6) is 0 Å². The normalized spacial score (nSPS) is 16.0. The van der Waals surface area contributed by atoms with E-state index in [1.807, 2.05) is 25.3 Å². The van der Waals surface area contributed by atoms with Crippen molar-refractivity contribution in [2.45, 2.75) is 13.8 Å². The molecule has 0 fully saturated rings. The molecule has 96 valence electrons. The van der Waals surface area contributed by atoms with E-state index < -0.39 is 0 Å². The van der Waals surface area contributed by atoms with E-state index in [9.17, 15) is 4.79 Å². The maximum atomic E-state index is 11.9. The smallest absolute Gasteiger partial charge is 0.204 e. The van der Waals surface area contributed by atoms with Crippen molar-refractivity contribution in [2.75, 3.05) is 0 Å². The van der Waals surface area contributed by atoms with E-state index in [1.54, 1.807) is 12.2 Å². The minimum atomic E-state index is -0.0167. The minimum absolute atomic E-state index is 0.0167. The lowest BCUT2D eigenvalue weighted by atomic mass is 9.92. The van der Waals surface area contributed by atoms with E-state index >= 15 is 0 Å². The van der Waals surface area contributed by atoms with Gasteiger partial charge in [-0.25, -0.2) is 4.99 Å². The van der Waals surface area contributed by atoms with Crippen LogP contribution in [-0.4, -0.2) is 16.5 Å². The molecule has 0 radical (unpaired) electrons. The molecule has 0 unspecified atom stereocenters. The van der Waals surface area contributed by atoms with Crippen molar-refractivity contribution in [2.24, 2.45) is 4.99 Å². The molecule has 1 aromatic carbocycles. The van der Waals surface area contributed by atoms with Crippen molar-refractivity contribution in [3.05, 3.63) is 53.4 Å². The summed E-state index contributed by atoms with van der Waals surface area (Å²) in [6, 6.07) is 4.11. The van der Waals surface area contributed by atoms with E-state index in [0.29, 0.717) is 5.71 Å². The Morgan fingerprint density at radius 1 is 1.15 bits per heavy atom. The topological polar surface area (TPSA) is 42.3 Å². The maximum absolute atomic E-state index is 11.9. The highest BCUT2D eigenvalue weighted by Crippen LogP contribution is 2.42. The van der Waals surface area contributed by atoms with Crippen LogP contribution < -0.4 is 0 Å². The zero-order valence-corrected chi connectivity index (χ0v) is 11.3. The zero-order valence-electron chi connectivity index (χ0n) is 11.3. The summed E-state index contributed by atoms with van der Waals surface area (Å²) >= 11 is 0. The Hall–Kier alpha value is -2.55. The van der Waals surface area contributed by atoms with Gasteiger partial charge in [0.15, 0.2) is 0 Å². The third-order valence-corrected chi connectivity index (χ3v) is 4.01. The number of aryl methyl sites for hydroxylation is 2. The first-order valence-corrected chi connectivity index (χ1v) is 6.58. The highest BCUT2D eigenvalue weighted by atomic mass is 16.1. The van der Waals surface area contributed by atoms with E-state index in [1.165, 1.54) is 0 Å². The van der Waals surface area contributed by atoms with Crippen molar-refractivity contribution in [1.82, 2.24) is 4.98 Å². The number of fused-ring (bicyclic) bond motifs is 4. The lowest BCUT2D eigenvalue weighted by Gasteiger charge is -2.10. The second kappa shape index (κ2) is 3.73. The average Bonchev–Trinajstić information content (AvgIpc) is 2.81. The lowest BCUT2D eigenvalue weighted by Crippen LogP contribution is -2.12. The first-order chi connectivity index (χ1) is 9.66. The molecule has 0 saturated heterocycles. The van der Waals surface area contributed by atoms with E-state index in [-0.39, 0.29) is 5.78 Å². The summed E-state index contributed by atoms with van der Waals surface area (Å²) in [7, 11) is 0. The van der Waals surface area contributed by atoms with Gasteiger partial charge in [0.1, 0.15) is 5.71 Å². The number of carbonyl (C=O) groups excluding carboxylic acids is 1. The number of aromatic nitrogens is 1. The number of hydrogen-bond donors (Lipinski definition) is 0. The van der Waals surface area contributed by atoms with Gasteiger partial charge in [0, 0.05) is 28.4 Å². The molecule has 4 rings (SSSR count). The first-order valence-electron chi connectivity index (χ1n) is 6.58. The Balaban J connectivity index is 2.12. The van der Waals surface area contributed by atoms with Crippen molar-refractivity contribution < 1.29 is 4.79 Å². The lowest BCUT2D eigenvalue weighted by molar-refractivity contribution is -0.108. The monoisotopic (exact) mass is 260 g/mol. The van der Waals surface area contributed by atoms with Gasteiger partial charge < -0.3 is 0 Å². The largest absolute Gasteiger partial charge is 0.288 e.